The van der Waals surface area contributed by atoms with E-state index in [1.165, 1.54) is 12.1 Å². The molecule has 1 rings (SSSR count). The number of benzene rings is 1. The molecular formula is C10H15FN2. The lowest BCUT2D eigenvalue weighted by Crippen LogP contribution is -2.27. The van der Waals surface area contributed by atoms with E-state index in [2.05, 4.69) is 5.32 Å². The monoisotopic (exact) mass is 182 g/mol. The van der Waals surface area contributed by atoms with Gasteiger partial charge in [0.1, 0.15) is 5.82 Å². The molecular weight excluding hydrogens is 167 g/mol. The summed E-state index contributed by atoms with van der Waals surface area (Å²) in [6, 6.07) is 6.58. The molecule has 13 heavy (non-hydrogen) atoms. The molecule has 3 heteroatoms. The molecule has 1 aromatic carbocycles. The van der Waals surface area contributed by atoms with E-state index in [-0.39, 0.29) is 11.9 Å². The zero-order valence-corrected chi connectivity index (χ0v) is 7.76. The van der Waals surface area contributed by atoms with Crippen molar-refractivity contribution in [2.24, 2.45) is 5.73 Å². The first-order valence-corrected chi connectivity index (χ1v) is 4.46. The van der Waals surface area contributed by atoms with Crippen LogP contribution in [0.25, 0.3) is 0 Å². The van der Waals surface area contributed by atoms with Crippen molar-refractivity contribution in [3.63, 3.8) is 0 Å². The smallest absolute Gasteiger partial charge is 0.123 e. The van der Waals surface area contributed by atoms with Crippen molar-refractivity contribution < 1.29 is 4.39 Å². The topological polar surface area (TPSA) is 38.0 Å². The summed E-state index contributed by atoms with van der Waals surface area (Å²) in [4.78, 5) is 0. The Morgan fingerprint density at radius 2 is 2.31 bits per heavy atom. The number of likely N-dealkylation sites (N-methyl/N-ethyl adjacent to an activating group) is 1. The largest absolute Gasteiger partial charge is 0.329 e. The van der Waals surface area contributed by atoms with Gasteiger partial charge in [-0.15, -0.1) is 0 Å². The SMILES string of the molecule is CCNC(CN)c1cccc(F)c1. The van der Waals surface area contributed by atoms with E-state index in [0.717, 1.165) is 12.1 Å². The lowest BCUT2D eigenvalue weighted by Gasteiger charge is -2.15. The highest BCUT2D eigenvalue weighted by Crippen LogP contribution is 2.12. The molecule has 0 radical (unpaired) electrons. The minimum atomic E-state index is -0.214. The lowest BCUT2D eigenvalue weighted by molar-refractivity contribution is 0.553. The van der Waals surface area contributed by atoms with Crippen LogP contribution in [0.3, 0.4) is 0 Å². The molecule has 0 saturated carbocycles. The highest BCUT2D eigenvalue weighted by Gasteiger charge is 2.07. The second-order valence-electron chi connectivity index (χ2n) is 2.90. The number of halogens is 1. The number of hydrogen-bond acceptors (Lipinski definition) is 2. The van der Waals surface area contributed by atoms with Crippen molar-refractivity contribution in [2.45, 2.75) is 13.0 Å². The number of nitrogens with one attached hydrogen (secondary N) is 1. The van der Waals surface area contributed by atoms with Gasteiger partial charge in [0.05, 0.1) is 0 Å². The summed E-state index contributed by atoms with van der Waals surface area (Å²) in [5, 5.41) is 3.18. The van der Waals surface area contributed by atoms with Crippen LogP contribution in [0, 0.1) is 5.82 Å². The maximum atomic E-state index is 12.8. The Morgan fingerprint density at radius 1 is 1.54 bits per heavy atom. The average Bonchev–Trinajstić information content (AvgIpc) is 2.14. The molecule has 0 aliphatic rings. The average molecular weight is 182 g/mol. The summed E-state index contributed by atoms with van der Waals surface area (Å²) >= 11 is 0. The van der Waals surface area contributed by atoms with Gasteiger partial charge in [-0.05, 0) is 24.2 Å². The van der Waals surface area contributed by atoms with Crippen LogP contribution >= 0.6 is 0 Å². The fraction of sp³-hybridized carbons (Fsp3) is 0.400. The molecule has 72 valence electrons. The van der Waals surface area contributed by atoms with Crippen LogP contribution in [-0.4, -0.2) is 13.1 Å². The molecule has 0 bridgehead atoms. The first-order valence-electron chi connectivity index (χ1n) is 4.46. The predicted octanol–water partition coefficient (Wildman–Crippen LogP) is 1.43. The van der Waals surface area contributed by atoms with E-state index in [9.17, 15) is 4.39 Å². The Kier molecular flexibility index (Phi) is 3.86. The van der Waals surface area contributed by atoms with Gasteiger partial charge in [-0.3, -0.25) is 0 Å². The Morgan fingerprint density at radius 3 is 2.85 bits per heavy atom. The van der Waals surface area contributed by atoms with Crippen LogP contribution in [0.1, 0.15) is 18.5 Å². The summed E-state index contributed by atoms with van der Waals surface area (Å²) in [6.45, 7) is 3.32. The fourth-order valence-corrected chi connectivity index (χ4v) is 1.31. The van der Waals surface area contributed by atoms with Gasteiger partial charge in [0, 0.05) is 12.6 Å². The minimum Gasteiger partial charge on any atom is -0.329 e. The Bertz CT molecular complexity index is 263. The van der Waals surface area contributed by atoms with Crippen LogP contribution in [0.15, 0.2) is 24.3 Å². The van der Waals surface area contributed by atoms with Gasteiger partial charge >= 0.3 is 0 Å². The summed E-state index contributed by atoms with van der Waals surface area (Å²) in [5.41, 5.74) is 6.46. The van der Waals surface area contributed by atoms with Crippen molar-refractivity contribution in [3.05, 3.63) is 35.6 Å². The molecule has 0 heterocycles. The van der Waals surface area contributed by atoms with Gasteiger partial charge in [0.25, 0.3) is 0 Å². The summed E-state index contributed by atoms with van der Waals surface area (Å²) in [6.07, 6.45) is 0. The van der Waals surface area contributed by atoms with Crippen LogP contribution < -0.4 is 11.1 Å². The zero-order chi connectivity index (χ0) is 9.68. The predicted molar refractivity (Wildman–Crippen MR) is 51.9 cm³/mol. The standard InChI is InChI=1S/C10H15FN2/c1-2-13-10(7-12)8-4-3-5-9(11)6-8/h3-6,10,13H,2,7,12H2,1H3. The van der Waals surface area contributed by atoms with Gasteiger partial charge in [-0.25, -0.2) is 4.39 Å². The molecule has 0 aliphatic carbocycles. The maximum absolute atomic E-state index is 12.8. The number of rotatable bonds is 4. The molecule has 0 aliphatic heterocycles. The van der Waals surface area contributed by atoms with Crippen molar-refractivity contribution in [3.8, 4) is 0 Å². The molecule has 1 aromatic rings. The summed E-state index contributed by atoms with van der Waals surface area (Å²) in [7, 11) is 0. The molecule has 0 fully saturated rings. The first-order chi connectivity index (χ1) is 6.27. The Hall–Kier alpha value is -0.930. The van der Waals surface area contributed by atoms with Gasteiger partial charge in [0.2, 0.25) is 0 Å². The van der Waals surface area contributed by atoms with E-state index in [4.69, 9.17) is 5.73 Å². The van der Waals surface area contributed by atoms with E-state index in [0.29, 0.717) is 6.54 Å². The van der Waals surface area contributed by atoms with Crippen molar-refractivity contribution in [1.29, 1.82) is 0 Å². The Balaban J connectivity index is 2.78. The number of nitrogens with two attached hydrogens (primary N) is 1. The van der Waals surface area contributed by atoms with Crippen LogP contribution in [0.4, 0.5) is 4.39 Å². The van der Waals surface area contributed by atoms with Gasteiger partial charge in [-0.2, -0.15) is 0 Å². The van der Waals surface area contributed by atoms with Crippen LogP contribution in [0.2, 0.25) is 0 Å². The maximum Gasteiger partial charge on any atom is 0.123 e. The van der Waals surface area contributed by atoms with Gasteiger partial charge < -0.3 is 11.1 Å². The highest BCUT2D eigenvalue weighted by molar-refractivity contribution is 5.20. The summed E-state index contributed by atoms with van der Waals surface area (Å²) < 4.78 is 12.8. The van der Waals surface area contributed by atoms with E-state index >= 15 is 0 Å². The van der Waals surface area contributed by atoms with Crippen LogP contribution in [-0.2, 0) is 0 Å². The molecule has 1 unspecified atom stereocenters. The second kappa shape index (κ2) is 4.94. The third-order valence-electron chi connectivity index (χ3n) is 1.94. The second-order valence-corrected chi connectivity index (χ2v) is 2.90. The molecule has 2 nitrogen and oxygen atoms in total. The summed E-state index contributed by atoms with van der Waals surface area (Å²) in [5.74, 6) is -0.214. The van der Waals surface area contributed by atoms with E-state index < -0.39 is 0 Å². The Labute approximate surface area is 77.9 Å². The molecule has 0 aromatic heterocycles. The van der Waals surface area contributed by atoms with E-state index in [1.54, 1.807) is 6.07 Å². The minimum absolute atomic E-state index is 0.0562. The van der Waals surface area contributed by atoms with Crippen molar-refractivity contribution in [1.82, 2.24) is 5.32 Å². The third kappa shape index (κ3) is 2.79. The van der Waals surface area contributed by atoms with Crippen molar-refractivity contribution >= 4 is 0 Å². The molecule has 0 amide bonds. The lowest BCUT2D eigenvalue weighted by atomic mass is 10.1. The van der Waals surface area contributed by atoms with Crippen molar-refractivity contribution in [2.75, 3.05) is 13.1 Å². The van der Waals surface area contributed by atoms with E-state index in [1.807, 2.05) is 13.0 Å². The van der Waals surface area contributed by atoms with Gasteiger partial charge in [0.15, 0.2) is 0 Å². The number of hydrogen-bond donors (Lipinski definition) is 2. The quantitative estimate of drug-likeness (QED) is 0.739. The molecule has 0 saturated heterocycles. The highest BCUT2D eigenvalue weighted by atomic mass is 19.1. The van der Waals surface area contributed by atoms with Gasteiger partial charge in [-0.1, -0.05) is 19.1 Å². The molecule has 3 N–H and O–H groups in total. The zero-order valence-electron chi connectivity index (χ0n) is 7.76. The molecule has 0 spiro atoms. The normalized spacial score (nSPS) is 12.8. The first kappa shape index (κ1) is 10.2. The van der Waals surface area contributed by atoms with Crippen LogP contribution in [0.5, 0.6) is 0 Å². The third-order valence-corrected chi connectivity index (χ3v) is 1.94. The fourth-order valence-electron chi connectivity index (χ4n) is 1.31. The molecule has 1 atom stereocenters.